The van der Waals surface area contributed by atoms with Crippen LogP contribution in [0.25, 0.3) is 0 Å². The average molecular weight is 488 g/mol. The minimum atomic E-state index is -4.23. The highest BCUT2D eigenvalue weighted by Gasteiger charge is 2.33. The summed E-state index contributed by atoms with van der Waals surface area (Å²) >= 11 is 0. The average Bonchev–Trinajstić information content (AvgIpc) is 2.71. The topological polar surface area (TPSA) is 113 Å². The SMILES string of the molecule is Cc1ccc(NC(=O)C2CCN(S(=O)(=O)c3cc(F)ccc3F)CC2)cc1NS(C)(=O)=O. The van der Waals surface area contributed by atoms with Crippen molar-refractivity contribution < 1.29 is 30.4 Å². The molecule has 0 spiro atoms. The Morgan fingerprint density at radius 3 is 2.31 bits per heavy atom. The van der Waals surface area contributed by atoms with Gasteiger partial charge in [0.1, 0.15) is 16.5 Å². The van der Waals surface area contributed by atoms with Crippen LogP contribution < -0.4 is 10.0 Å². The van der Waals surface area contributed by atoms with E-state index in [1.54, 1.807) is 19.1 Å². The van der Waals surface area contributed by atoms with E-state index in [0.29, 0.717) is 23.0 Å². The summed E-state index contributed by atoms with van der Waals surface area (Å²) in [4.78, 5) is 11.9. The molecule has 174 valence electrons. The molecule has 1 saturated heterocycles. The number of nitrogens with zero attached hydrogens (tertiary/aromatic N) is 1. The maximum absolute atomic E-state index is 14.0. The standard InChI is InChI=1S/C20H23F2N3O5S2/c1-13-3-5-16(12-18(13)24-31(2,27)28)23-20(26)14-7-9-25(10-8-14)32(29,30)19-11-15(21)4-6-17(19)22/h3-6,11-12,14,24H,7-10H2,1-2H3,(H,23,26). The summed E-state index contributed by atoms with van der Waals surface area (Å²) in [5.41, 5.74) is 1.41. The van der Waals surface area contributed by atoms with Crippen LogP contribution in [0.2, 0.25) is 0 Å². The van der Waals surface area contributed by atoms with Gasteiger partial charge in [0.05, 0.1) is 11.9 Å². The van der Waals surface area contributed by atoms with Crippen LogP contribution in [0.4, 0.5) is 20.2 Å². The number of halogens is 2. The van der Waals surface area contributed by atoms with Crippen molar-refractivity contribution in [3.05, 3.63) is 53.6 Å². The lowest BCUT2D eigenvalue weighted by Crippen LogP contribution is -2.41. The summed E-state index contributed by atoms with van der Waals surface area (Å²) in [6.07, 6.45) is 1.42. The molecule has 0 atom stereocenters. The van der Waals surface area contributed by atoms with Gasteiger partial charge in [-0.05, 0) is 55.7 Å². The first-order chi connectivity index (χ1) is 14.9. The largest absolute Gasteiger partial charge is 0.326 e. The highest BCUT2D eigenvalue weighted by atomic mass is 32.2. The number of carbonyl (C=O) groups excluding carboxylic acids is 1. The fourth-order valence-electron chi connectivity index (χ4n) is 3.43. The molecule has 3 rings (SSSR count). The third-order valence-electron chi connectivity index (χ3n) is 5.14. The summed E-state index contributed by atoms with van der Waals surface area (Å²) in [5, 5.41) is 2.72. The second kappa shape index (κ2) is 9.12. The first kappa shape index (κ1) is 24.1. The Bertz CT molecular complexity index is 1240. The Morgan fingerprint density at radius 2 is 1.69 bits per heavy atom. The highest BCUT2D eigenvalue weighted by molar-refractivity contribution is 7.92. The molecule has 1 heterocycles. The lowest BCUT2D eigenvalue weighted by atomic mass is 9.97. The predicted molar refractivity (Wildman–Crippen MR) is 116 cm³/mol. The van der Waals surface area contributed by atoms with E-state index in [-0.39, 0.29) is 31.8 Å². The summed E-state index contributed by atoms with van der Waals surface area (Å²) in [5.74, 6) is -2.73. The van der Waals surface area contributed by atoms with Gasteiger partial charge in [0.15, 0.2) is 0 Å². The third-order valence-corrected chi connectivity index (χ3v) is 7.64. The van der Waals surface area contributed by atoms with Gasteiger partial charge in [0, 0.05) is 24.7 Å². The van der Waals surface area contributed by atoms with Crippen molar-refractivity contribution in [3.8, 4) is 0 Å². The third kappa shape index (κ3) is 5.61. The minimum Gasteiger partial charge on any atom is -0.326 e. The highest BCUT2D eigenvalue weighted by Crippen LogP contribution is 2.27. The van der Waals surface area contributed by atoms with Crippen molar-refractivity contribution in [2.45, 2.75) is 24.7 Å². The van der Waals surface area contributed by atoms with E-state index in [9.17, 15) is 30.4 Å². The second-order valence-corrected chi connectivity index (χ2v) is 11.3. The number of nitrogens with one attached hydrogen (secondary N) is 2. The van der Waals surface area contributed by atoms with Crippen LogP contribution in [-0.2, 0) is 24.8 Å². The first-order valence-corrected chi connectivity index (χ1v) is 13.0. The van der Waals surface area contributed by atoms with Crippen LogP contribution in [0, 0.1) is 24.5 Å². The van der Waals surface area contributed by atoms with Gasteiger partial charge in [0.25, 0.3) is 0 Å². The summed E-state index contributed by atoms with van der Waals surface area (Å²) in [6, 6.07) is 7.03. The van der Waals surface area contributed by atoms with E-state index in [4.69, 9.17) is 0 Å². The zero-order valence-electron chi connectivity index (χ0n) is 17.4. The molecule has 2 aromatic carbocycles. The molecule has 0 unspecified atom stereocenters. The molecular weight excluding hydrogens is 464 g/mol. The lowest BCUT2D eigenvalue weighted by Gasteiger charge is -2.30. The fourth-order valence-corrected chi connectivity index (χ4v) is 5.59. The number of anilines is 2. The van der Waals surface area contributed by atoms with Gasteiger partial charge >= 0.3 is 0 Å². The zero-order chi connectivity index (χ0) is 23.7. The van der Waals surface area contributed by atoms with Gasteiger partial charge in [-0.3, -0.25) is 9.52 Å². The van der Waals surface area contributed by atoms with Crippen LogP contribution in [-0.4, -0.2) is 46.4 Å². The molecule has 1 aliphatic rings. The molecule has 12 heteroatoms. The molecule has 32 heavy (non-hydrogen) atoms. The molecule has 0 radical (unpaired) electrons. The molecule has 1 fully saturated rings. The monoisotopic (exact) mass is 487 g/mol. The van der Waals surface area contributed by atoms with Gasteiger partial charge in [0.2, 0.25) is 26.0 Å². The lowest BCUT2D eigenvalue weighted by molar-refractivity contribution is -0.120. The number of rotatable bonds is 6. The minimum absolute atomic E-state index is 0.0227. The van der Waals surface area contributed by atoms with E-state index < -0.39 is 42.5 Å². The van der Waals surface area contributed by atoms with Crippen molar-refractivity contribution in [1.29, 1.82) is 0 Å². The van der Waals surface area contributed by atoms with Crippen molar-refractivity contribution in [1.82, 2.24) is 4.31 Å². The second-order valence-electron chi connectivity index (χ2n) is 7.65. The van der Waals surface area contributed by atoms with Crippen molar-refractivity contribution in [2.75, 3.05) is 29.4 Å². The number of carbonyl (C=O) groups is 1. The molecule has 0 bridgehead atoms. The normalized spacial score (nSPS) is 16.0. The molecule has 2 N–H and O–H groups in total. The van der Waals surface area contributed by atoms with Gasteiger partial charge in [-0.15, -0.1) is 0 Å². The van der Waals surface area contributed by atoms with Crippen molar-refractivity contribution in [3.63, 3.8) is 0 Å². The Hall–Kier alpha value is -2.57. The van der Waals surface area contributed by atoms with Gasteiger partial charge in [-0.2, -0.15) is 4.31 Å². The number of aryl methyl sites for hydroxylation is 1. The number of hydrogen-bond acceptors (Lipinski definition) is 5. The Balaban J connectivity index is 1.66. The summed E-state index contributed by atoms with van der Waals surface area (Å²) < 4.78 is 79.1. The van der Waals surface area contributed by atoms with Gasteiger partial charge in [-0.25, -0.2) is 25.6 Å². The van der Waals surface area contributed by atoms with Crippen LogP contribution >= 0.6 is 0 Å². The smallest absolute Gasteiger partial charge is 0.246 e. The van der Waals surface area contributed by atoms with Crippen LogP contribution in [0.5, 0.6) is 0 Å². The number of amides is 1. The maximum Gasteiger partial charge on any atom is 0.246 e. The van der Waals surface area contributed by atoms with E-state index in [0.717, 1.165) is 22.7 Å². The van der Waals surface area contributed by atoms with Gasteiger partial charge in [-0.1, -0.05) is 6.07 Å². The molecule has 0 aliphatic carbocycles. The molecular formula is C20H23F2N3O5S2. The van der Waals surface area contributed by atoms with E-state index in [2.05, 4.69) is 10.0 Å². The quantitative estimate of drug-likeness (QED) is 0.651. The molecule has 0 aromatic heterocycles. The summed E-state index contributed by atoms with van der Waals surface area (Å²) in [6.45, 7) is 1.67. The Kier molecular flexibility index (Phi) is 6.86. The predicted octanol–water partition coefficient (Wildman–Crippen LogP) is 2.68. The maximum atomic E-state index is 14.0. The Morgan fingerprint density at radius 1 is 1.03 bits per heavy atom. The van der Waals surface area contributed by atoms with E-state index in [1.807, 2.05) is 0 Å². The van der Waals surface area contributed by atoms with Crippen molar-refractivity contribution in [2.24, 2.45) is 5.92 Å². The number of sulfonamides is 2. The molecule has 2 aromatic rings. The molecule has 0 saturated carbocycles. The summed E-state index contributed by atoms with van der Waals surface area (Å²) in [7, 11) is -7.72. The molecule has 8 nitrogen and oxygen atoms in total. The first-order valence-electron chi connectivity index (χ1n) is 9.71. The molecule has 1 amide bonds. The Labute approximate surface area is 185 Å². The van der Waals surface area contributed by atoms with E-state index >= 15 is 0 Å². The van der Waals surface area contributed by atoms with Crippen molar-refractivity contribution >= 4 is 37.3 Å². The van der Waals surface area contributed by atoms with Crippen LogP contribution in [0.3, 0.4) is 0 Å². The van der Waals surface area contributed by atoms with Gasteiger partial charge < -0.3 is 5.32 Å². The number of piperidine rings is 1. The number of hydrogen-bond donors (Lipinski definition) is 2. The fraction of sp³-hybridized carbons (Fsp3) is 0.350. The molecule has 1 aliphatic heterocycles. The van der Waals surface area contributed by atoms with Crippen LogP contribution in [0.1, 0.15) is 18.4 Å². The van der Waals surface area contributed by atoms with E-state index in [1.165, 1.54) is 6.07 Å². The number of benzene rings is 2. The van der Waals surface area contributed by atoms with Crippen LogP contribution in [0.15, 0.2) is 41.3 Å². The zero-order valence-corrected chi connectivity index (χ0v) is 19.1.